The van der Waals surface area contributed by atoms with Crippen LogP contribution in [0.3, 0.4) is 0 Å². The van der Waals surface area contributed by atoms with E-state index in [2.05, 4.69) is 45.7 Å². The number of allylic oxidation sites excluding steroid dienone is 2. The molecule has 2 aliphatic carbocycles. The Balaban J connectivity index is 1.45. The van der Waals surface area contributed by atoms with Crippen molar-refractivity contribution in [3.63, 3.8) is 0 Å². The van der Waals surface area contributed by atoms with Crippen molar-refractivity contribution >= 4 is 17.7 Å². The molecule has 5 nitrogen and oxygen atoms in total. The molecule has 1 fully saturated rings. The lowest BCUT2D eigenvalue weighted by molar-refractivity contribution is 0.416. The highest BCUT2D eigenvalue weighted by Gasteiger charge is 2.25. The van der Waals surface area contributed by atoms with Crippen LogP contribution in [0.15, 0.2) is 64.8 Å². The van der Waals surface area contributed by atoms with Crippen LogP contribution in [0.1, 0.15) is 24.8 Å². The molecule has 148 valence electrons. The Hall–Kier alpha value is -3.21. The van der Waals surface area contributed by atoms with E-state index in [0.29, 0.717) is 6.04 Å². The Bertz CT molecular complexity index is 1050. The Morgan fingerprint density at radius 1 is 1.17 bits per heavy atom. The molecule has 5 heteroatoms. The molecule has 3 aliphatic rings. The predicted octanol–water partition coefficient (Wildman–Crippen LogP) is 4.52. The van der Waals surface area contributed by atoms with E-state index < -0.39 is 0 Å². The third kappa shape index (κ3) is 3.48. The number of aromatic nitrogens is 1. The number of amidine groups is 1. The van der Waals surface area contributed by atoms with Crippen LogP contribution in [0.2, 0.25) is 0 Å². The zero-order valence-corrected chi connectivity index (χ0v) is 16.6. The van der Waals surface area contributed by atoms with Gasteiger partial charge in [0, 0.05) is 35.3 Å². The van der Waals surface area contributed by atoms with Gasteiger partial charge in [-0.25, -0.2) is 0 Å². The SMILES string of the molecule is COc1ccccc1-c1c[nH]c2c1C=C(C1=CC=CC(C(N)=NC3CC3)C1)CN2. The topological polar surface area (TPSA) is 75.4 Å². The van der Waals surface area contributed by atoms with E-state index in [1.54, 1.807) is 7.11 Å². The van der Waals surface area contributed by atoms with Crippen molar-refractivity contribution in [2.24, 2.45) is 16.6 Å². The van der Waals surface area contributed by atoms with Gasteiger partial charge in [-0.2, -0.15) is 0 Å². The third-order valence-electron chi connectivity index (χ3n) is 5.84. The van der Waals surface area contributed by atoms with Gasteiger partial charge in [0.05, 0.1) is 13.2 Å². The Morgan fingerprint density at radius 3 is 2.86 bits per heavy atom. The molecule has 0 bridgehead atoms. The molecule has 0 saturated heterocycles. The number of methoxy groups -OCH3 is 1. The normalized spacial score (nSPS) is 21.1. The van der Waals surface area contributed by atoms with Gasteiger partial charge in [-0.1, -0.05) is 36.4 Å². The van der Waals surface area contributed by atoms with Crippen molar-refractivity contribution in [3.05, 3.63) is 65.4 Å². The molecule has 1 aromatic heterocycles. The van der Waals surface area contributed by atoms with Crippen molar-refractivity contribution < 1.29 is 4.74 Å². The molecule has 29 heavy (non-hydrogen) atoms. The zero-order valence-electron chi connectivity index (χ0n) is 16.6. The van der Waals surface area contributed by atoms with Crippen molar-refractivity contribution in [2.75, 3.05) is 19.0 Å². The third-order valence-corrected chi connectivity index (χ3v) is 5.84. The first-order chi connectivity index (χ1) is 14.2. The summed E-state index contributed by atoms with van der Waals surface area (Å²) in [6.45, 7) is 0.797. The summed E-state index contributed by atoms with van der Waals surface area (Å²) >= 11 is 0. The van der Waals surface area contributed by atoms with Crippen LogP contribution in [-0.4, -0.2) is 30.5 Å². The molecule has 0 radical (unpaired) electrons. The van der Waals surface area contributed by atoms with Gasteiger partial charge in [0.2, 0.25) is 0 Å². The summed E-state index contributed by atoms with van der Waals surface area (Å²) in [5, 5.41) is 3.53. The smallest absolute Gasteiger partial charge is 0.126 e. The second-order valence-electron chi connectivity index (χ2n) is 7.89. The number of para-hydroxylation sites is 1. The maximum absolute atomic E-state index is 6.29. The van der Waals surface area contributed by atoms with Crippen molar-refractivity contribution in [1.29, 1.82) is 0 Å². The molecule has 1 saturated carbocycles. The van der Waals surface area contributed by atoms with Gasteiger partial charge in [-0.05, 0) is 42.6 Å². The minimum absolute atomic E-state index is 0.192. The number of nitrogens with one attached hydrogen (secondary N) is 2. The Morgan fingerprint density at radius 2 is 2.03 bits per heavy atom. The Kier molecular flexibility index (Phi) is 4.51. The zero-order chi connectivity index (χ0) is 19.8. The number of anilines is 1. The van der Waals surface area contributed by atoms with Crippen LogP contribution in [0.25, 0.3) is 17.2 Å². The highest BCUT2D eigenvalue weighted by atomic mass is 16.5. The van der Waals surface area contributed by atoms with E-state index in [0.717, 1.165) is 41.5 Å². The minimum atomic E-state index is 0.192. The predicted molar refractivity (Wildman–Crippen MR) is 119 cm³/mol. The van der Waals surface area contributed by atoms with Gasteiger partial charge in [-0.3, -0.25) is 4.99 Å². The fourth-order valence-electron chi connectivity index (χ4n) is 4.07. The van der Waals surface area contributed by atoms with Crippen LogP contribution < -0.4 is 15.8 Å². The molecule has 5 rings (SSSR count). The summed E-state index contributed by atoms with van der Waals surface area (Å²) in [6, 6.07) is 8.58. The summed E-state index contributed by atoms with van der Waals surface area (Å²) in [5.74, 6) is 2.89. The molecule has 1 atom stereocenters. The fourth-order valence-corrected chi connectivity index (χ4v) is 4.07. The lowest BCUT2D eigenvalue weighted by Gasteiger charge is -2.23. The quantitative estimate of drug-likeness (QED) is 0.522. The molecular formula is C24H26N4O. The maximum Gasteiger partial charge on any atom is 0.126 e. The molecule has 1 unspecified atom stereocenters. The van der Waals surface area contributed by atoms with Gasteiger partial charge in [0.1, 0.15) is 17.4 Å². The lowest BCUT2D eigenvalue weighted by Crippen LogP contribution is -2.25. The van der Waals surface area contributed by atoms with Gasteiger partial charge < -0.3 is 20.8 Å². The van der Waals surface area contributed by atoms with E-state index >= 15 is 0 Å². The number of nitrogens with zero attached hydrogens (tertiary/aromatic N) is 1. The van der Waals surface area contributed by atoms with Crippen LogP contribution >= 0.6 is 0 Å². The lowest BCUT2D eigenvalue weighted by atomic mass is 9.87. The van der Waals surface area contributed by atoms with E-state index in [9.17, 15) is 0 Å². The first-order valence-electron chi connectivity index (χ1n) is 10.2. The van der Waals surface area contributed by atoms with E-state index in [1.165, 1.54) is 29.6 Å². The number of aromatic amines is 1. The number of hydrogen-bond acceptors (Lipinski definition) is 3. The van der Waals surface area contributed by atoms with Crippen molar-refractivity contribution in [1.82, 2.24) is 4.98 Å². The molecule has 1 aliphatic heterocycles. The number of hydrogen-bond donors (Lipinski definition) is 3. The number of aliphatic imine (C=N–C) groups is 1. The molecule has 2 heterocycles. The summed E-state index contributed by atoms with van der Waals surface area (Å²) in [7, 11) is 1.71. The number of rotatable bonds is 5. The summed E-state index contributed by atoms with van der Waals surface area (Å²) in [5.41, 5.74) is 12.3. The fraction of sp³-hybridized carbons (Fsp3) is 0.292. The highest BCUT2D eigenvalue weighted by molar-refractivity contribution is 5.89. The van der Waals surface area contributed by atoms with Crippen LogP contribution in [0.4, 0.5) is 5.82 Å². The summed E-state index contributed by atoms with van der Waals surface area (Å²) < 4.78 is 5.58. The van der Waals surface area contributed by atoms with Crippen molar-refractivity contribution in [3.8, 4) is 16.9 Å². The van der Waals surface area contributed by atoms with Gasteiger partial charge >= 0.3 is 0 Å². The number of fused-ring (bicyclic) bond motifs is 1. The number of nitrogens with two attached hydrogens (primary N) is 1. The number of benzene rings is 1. The van der Waals surface area contributed by atoms with Gasteiger partial charge in [0.25, 0.3) is 0 Å². The molecule has 0 spiro atoms. The second-order valence-corrected chi connectivity index (χ2v) is 7.89. The van der Waals surface area contributed by atoms with Crippen LogP contribution in [0.5, 0.6) is 5.75 Å². The molecule has 1 aromatic carbocycles. The summed E-state index contributed by atoms with van der Waals surface area (Å²) in [4.78, 5) is 8.03. The Labute approximate surface area is 171 Å². The average molecular weight is 386 g/mol. The van der Waals surface area contributed by atoms with E-state index in [4.69, 9.17) is 10.5 Å². The van der Waals surface area contributed by atoms with Crippen LogP contribution in [-0.2, 0) is 0 Å². The first kappa shape index (κ1) is 17.9. The van der Waals surface area contributed by atoms with Crippen molar-refractivity contribution in [2.45, 2.75) is 25.3 Å². The number of ether oxygens (including phenoxy) is 1. The van der Waals surface area contributed by atoms with Gasteiger partial charge in [-0.15, -0.1) is 0 Å². The molecule has 2 aromatic rings. The van der Waals surface area contributed by atoms with E-state index in [1.807, 2.05) is 24.4 Å². The number of H-pyrrole nitrogens is 1. The largest absolute Gasteiger partial charge is 0.496 e. The van der Waals surface area contributed by atoms with Gasteiger partial charge in [0.15, 0.2) is 0 Å². The molecular weight excluding hydrogens is 360 g/mol. The monoisotopic (exact) mass is 386 g/mol. The highest BCUT2D eigenvalue weighted by Crippen LogP contribution is 2.39. The average Bonchev–Trinajstić information content (AvgIpc) is 3.49. The first-order valence-corrected chi connectivity index (χ1v) is 10.2. The molecule has 4 N–H and O–H groups in total. The molecule has 0 amide bonds. The second kappa shape index (κ2) is 7.32. The van der Waals surface area contributed by atoms with E-state index in [-0.39, 0.29) is 5.92 Å². The summed E-state index contributed by atoms with van der Waals surface area (Å²) in [6.07, 6.45) is 14.1. The standard InChI is InChI=1S/C24H26N4O/c1-29-22-8-3-2-7-19(22)21-14-27-24-20(21)12-17(13-26-24)15-5-4-6-16(11-15)23(25)28-18-9-10-18/h2-8,12,14,16,18,26-27H,9-11,13H2,1H3,(H2,25,28). The minimum Gasteiger partial charge on any atom is -0.496 e. The van der Waals surface area contributed by atoms with Crippen LogP contribution in [0, 0.1) is 5.92 Å². The maximum atomic E-state index is 6.29.